The maximum atomic E-state index is 3.80. The van der Waals surface area contributed by atoms with Gasteiger partial charge in [-0.05, 0) is 74.2 Å². The molecule has 2 aliphatic rings. The quantitative estimate of drug-likeness (QED) is 0.633. The first-order chi connectivity index (χ1) is 9.98. The molecule has 0 saturated heterocycles. The monoisotopic (exact) mass is 293 g/mol. The average Bonchev–Trinajstić information content (AvgIpc) is 2.48. The van der Waals surface area contributed by atoms with Gasteiger partial charge < -0.3 is 5.32 Å². The van der Waals surface area contributed by atoms with Crippen molar-refractivity contribution in [1.29, 1.82) is 0 Å². The zero-order valence-electron chi connectivity index (χ0n) is 15.1. The van der Waals surface area contributed by atoms with E-state index in [-0.39, 0.29) is 0 Å². The zero-order chi connectivity index (χ0) is 15.3. The number of hydrogen-bond acceptors (Lipinski definition) is 1. The molecule has 0 bridgehead atoms. The minimum Gasteiger partial charge on any atom is -0.316 e. The summed E-state index contributed by atoms with van der Waals surface area (Å²) in [6, 6.07) is 0. The van der Waals surface area contributed by atoms with Gasteiger partial charge in [0.1, 0.15) is 0 Å². The smallest absolute Gasteiger partial charge is 0.00105 e. The van der Waals surface area contributed by atoms with Crippen LogP contribution in [0.25, 0.3) is 0 Å². The molecule has 21 heavy (non-hydrogen) atoms. The van der Waals surface area contributed by atoms with E-state index in [9.17, 15) is 0 Å². The van der Waals surface area contributed by atoms with Crippen LogP contribution in [0.4, 0.5) is 0 Å². The summed E-state index contributed by atoms with van der Waals surface area (Å²) >= 11 is 0. The fraction of sp³-hybridized carbons (Fsp3) is 1.00. The summed E-state index contributed by atoms with van der Waals surface area (Å²) < 4.78 is 0. The van der Waals surface area contributed by atoms with E-state index in [1.54, 1.807) is 0 Å². The second-order valence-corrected chi connectivity index (χ2v) is 9.01. The maximum Gasteiger partial charge on any atom is 0.00105 e. The second-order valence-electron chi connectivity index (χ2n) is 9.01. The molecule has 124 valence electrons. The van der Waals surface area contributed by atoms with Crippen molar-refractivity contribution in [1.82, 2.24) is 5.32 Å². The Labute approximate surface area is 133 Å². The van der Waals surface area contributed by atoms with Crippen molar-refractivity contribution >= 4 is 0 Å². The molecule has 0 aromatic rings. The summed E-state index contributed by atoms with van der Waals surface area (Å²) in [7, 11) is 0. The Balaban J connectivity index is 2.00. The molecule has 1 nitrogen and oxygen atoms in total. The normalized spacial score (nSPS) is 32.3. The molecule has 0 atom stereocenters. The first kappa shape index (κ1) is 17.3. The Kier molecular flexibility index (Phi) is 6.17. The van der Waals surface area contributed by atoms with Crippen molar-refractivity contribution in [3.8, 4) is 0 Å². The van der Waals surface area contributed by atoms with Gasteiger partial charge in [0.15, 0.2) is 0 Å². The molecule has 0 aromatic heterocycles. The molecule has 2 rings (SSSR count). The van der Waals surface area contributed by atoms with Gasteiger partial charge >= 0.3 is 0 Å². The third-order valence-corrected chi connectivity index (χ3v) is 6.58. The summed E-state index contributed by atoms with van der Waals surface area (Å²) in [6.07, 6.45) is 14.6. The van der Waals surface area contributed by atoms with Crippen LogP contribution >= 0.6 is 0 Å². The van der Waals surface area contributed by atoms with E-state index < -0.39 is 0 Å². The summed E-state index contributed by atoms with van der Waals surface area (Å²) in [5, 5.41) is 3.80. The molecule has 0 aromatic carbocycles. The number of hydrogen-bond donors (Lipinski definition) is 1. The van der Waals surface area contributed by atoms with Crippen LogP contribution in [-0.4, -0.2) is 13.1 Å². The fourth-order valence-electron chi connectivity index (χ4n) is 5.02. The van der Waals surface area contributed by atoms with Crippen LogP contribution in [0.2, 0.25) is 0 Å². The SMILES string of the molecule is CCCNCC1(C2CCCCC2)CCC(C(C)(C)C)CC1. The lowest BCUT2D eigenvalue weighted by atomic mass is 9.57. The summed E-state index contributed by atoms with van der Waals surface area (Å²) in [6.45, 7) is 12.1. The van der Waals surface area contributed by atoms with Crippen molar-refractivity contribution in [3.05, 3.63) is 0 Å². The van der Waals surface area contributed by atoms with Crippen molar-refractivity contribution in [2.75, 3.05) is 13.1 Å². The van der Waals surface area contributed by atoms with E-state index in [0.717, 1.165) is 11.8 Å². The number of nitrogens with one attached hydrogen (secondary N) is 1. The van der Waals surface area contributed by atoms with Gasteiger partial charge in [0.25, 0.3) is 0 Å². The molecule has 2 fully saturated rings. The molecule has 0 aliphatic heterocycles. The molecular formula is C20H39N. The van der Waals surface area contributed by atoms with Crippen molar-refractivity contribution in [3.63, 3.8) is 0 Å². The molecule has 0 heterocycles. The highest BCUT2D eigenvalue weighted by atomic mass is 14.9. The number of rotatable bonds is 5. The van der Waals surface area contributed by atoms with Gasteiger partial charge in [-0.25, -0.2) is 0 Å². The lowest BCUT2D eigenvalue weighted by molar-refractivity contribution is 0.0228. The van der Waals surface area contributed by atoms with Gasteiger partial charge in [0.05, 0.1) is 0 Å². The minimum absolute atomic E-state index is 0.509. The molecule has 1 heteroatoms. The van der Waals surface area contributed by atoms with Gasteiger partial charge in [-0.1, -0.05) is 47.0 Å². The van der Waals surface area contributed by atoms with Crippen LogP contribution in [0, 0.1) is 22.7 Å². The highest BCUT2D eigenvalue weighted by molar-refractivity contribution is 4.95. The Hall–Kier alpha value is -0.0400. The van der Waals surface area contributed by atoms with Crippen LogP contribution in [0.15, 0.2) is 0 Å². The highest BCUT2D eigenvalue weighted by Crippen LogP contribution is 2.52. The van der Waals surface area contributed by atoms with Gasteiger partial charge in [-0.2, -0.15) is 0 Å². The van der Waals surface area contributed by atoms with E-state index >= 15 is 0 Å². The van der Waals surface area contributed by atoms with Gasteiger partial charge in [0.2, 0.25) is 0 Å². The van der Waals surface area contributed by atoms with E-state index in [1.807, 2.05) is 0 Å². The van der Waals surface area contributed by atoms with Crippen molar-refractivity contribution < 1.29 is 0 Å². The molecule has 0 amide bonds. The van der Waals surface area contributed by atoms with Gasteiger partial charge in [-0.3, -0.25) is 0 Å². The van der Waals surface area contributed by atoms with E-state index in [4.69, 9.17) is 0 Å². The summed E-state index contributed by atoms with van der Waals surface area (Å²) in [5.74, 6) is 1.96. The first-order valence-corrected chi connectivity index (χ1v) is 9.69. The lowest BCUT2D eigenvalue weighted by Crippen LogP contribution is -2.45. The standard InChI is InChI=1S/C20H39N/c1-5-15-21-16-20(18-9-7-6-8-10-18)13-11-17(12-14-20)19(2,3)4/h17-18,21H,5-16H2,1-4H3. The molecule has 0 radical (unpaired) electrons. The van der Waals surface area contributed by atoms with Gasteiger partial charge in [0, 0.05) is 6.54 Å². The topological polar surface area (TPSA) is 12.0 Å². The third kappa shape index (κ3) is 4.47. The van der Waals surface area contributed by atoms with Crippen LogP contribution < -0.4 is 5.32 Å². The largest absolute Gasteiger partial charge is 0.316 e. The molecule has 2 saturated carbocycles. The lowest BCUT2D eigenvalue weighted by Gasteiger charge is -2.49. The fourth-order valence-corrected chi connectivity index (χ4v) is 5.02. The zero-order valence-corrected chi connectivity index (χ0v) is 15.1. The maximum absolute atomic E-state index is 3.80. The van der Waals surface area contributed by atoms with Crippen molar-refractivity contribution in [2.24, 2.45) is 22.7 Å². The van der Waals surface area contributed by atoms with E-state index in [1.165, 1.54) is 77.3 Å². The van der Waals surface area contributed by atoms with Gasteiger partial charge in [-0.15, -0.1) is 0 Å². The molecule has 1 N–H and O–H groups in total. The molecular weight excluding hydrogens is 254 g/mol. The Bertz CT molecular complexity index is 287. The molecule has 2 aliphatic carbocycles. The third-order valence-electron chi connectivity index (χ3n) is 6.58. The summed E-state index contributed by atoms with van der Waals surface area (Å²) in [4.78, 5) is 0. The predicted molar refractivity (Wildman–Crippen MR) is 93.6 cm³/mol. The van der Waals surface area contributed by atoms with Crippen molar-refractivity contribution in [2.45, 2.75) is 91.9 Å². The Morgan fingerprint density at radius 3 is 2.10 bits per heavy atom. The second kappa shape index (κ2) is 7.49. The van der Waals surface area contributed by atoms with E-state index in [2.05, 4.69) is 33.0 Å². The molecule has 0 spiro atoms. The van der Waals surface area contributed by atoms with Crippen LogP contribution in [-0.2, 0) is 0 Å². The first-order valence-electron chi connectivity index (χ1n) is 9.69. The van der Waals surface area contributed by atoms with Crippen LogP contribution in [0.5, 0.6) is 0 Å². The summed E-state index contributed by atoms with van der Waals surface area (Å²) in [5.41, 5.74) is 1.15. The minimum atomic E-state index is 0.509. The van der Waals surface area contributed by atoms with Crippen LogP contribution in [0.3, 0.4) is 0 Å². The average molecular weight is 294 g/mol. The highest BCUT2D eigenvalue weighted by Gasteiger charge is 2.43. The Morgan fingerprint density at radius 1 is 0.952 bits per heavy atom. The van der Waals surface area contributed by atoms with E-state index in [0.29, 0.717) is 10.8 Å². The predicted octanol–water partition coefficient (Wildman–Crippen LogP) is 5.79. The van der Waals surface area contributed by atoms with Crippen LogP contribution in [0.1, 0.15) is 91.9 Å². The Morgan fingerprint density at radius 2 is 1.57 bits per heavy atom. The molecule has 0 unspecified atom stereocenters.